The number of halogens is 1. The Hall–Kier alpha value is -2.69. The predicted molar refractivity (Wildman–Crippen MR) is 108 cm³/mol. The minimum Gasteiger partial charge on any atom is -0.487 e. The zero-order chi connectivity index (χ0) is 21.6. The van der Waals surface area contributed by atoms with E-state index in [-0.39, 0.29) is 24.5 Å². The zero-order valence-electron chi connectivity index (χ0n) is 16.6. The number of hydrogen-bond acceptors (Lipinski definition) is 6. The fraction of sp³-hybridized carbons (Fsp3) is 0.381. The van der Waals surface area contributed by atoms with E-state index < -0.39 is 34.3 Å². The molecule has 2 saturated heterocycles. The topological polar surface area (TPSA) is 94.2 Å². The maximum absolute atomic E-state index is 15.9. The van der Waals surface area contributed by atoms with Crippen molar-refractivity contribution in [1.82, 2.24) is 4.72 Å². The first-order chi connectivity index (χ1) is 14.9. The van der Waals surface area contributed by atoms with Gasteiger partial charge in [-0.25, -0.2) is 13.4 Å². The third-order valence-electron chi connectivity index (χ3n) is 5.74. The smallest absolute Gasteiger partial charge is 0.326 e. The second-order valence-electron chi connectivity index (χ2n) is 7.77. The summed E-state index contributed by atoms with van der Waals surface area (Å²) in [5.41, 5.74) is 1.61. The van der Waals surface area contributed by atoms with Crippen LogP contribution in [0.15, 0.2) is 36.4 Å². The lowest BCUT2D eigenvalue weighted by atomic mass is 9.86. The fourth-order valence-electron chi connectivity index (χ4n) is 4.27. The Kier molecular flexibility index (Phi) is 4.87. The van der Waals surface area contributed by atoms with Gasteiger partial charge < -0.3 is 14.2 Å². The highest BCUT2D eigenvalue weighted by Crippen LogP contribution is 2.44. The molecule has 164 valence electrons. The molecule has 8 nitrogen and oxygen atoms in total. The molecule has 1 N–H and O–H groups in total. The molecule has 2 heterocycles. The second kappa shape index (κ2) is 7.47. The number of fused-ring (bicyclic) bond motifs is 1. The Bertz CT molecular complexity index is 1130. The first kappa shape index (κ1) is 20.2. The van der Waals surface area contributed by atoms with Gasteiger partial charge in [0.25, 0.3) is 5.91 Å². The van der Waals surface area contributed by atoms with Crippen molar-refractivity contribution < 1.29 is 31.8 Å². The molecule has 0 bridgehead atoms. The molecule has 5 rings (SSSR count). The van der Waals surface area contributed by atoms with E-state index in [1.54, 1.807) is 6.07 Å². The van der Waals surface area contributed by atoms with Crippen LogP contribution in [0.25, 0.3) is 0 Å². The number of anilines is 1. The van der Waals surface area contributed by atoms with Gasteiger partial charge in [0.05, 0.1) is 13.2 Å². The lowest BCUT2D eigenvalue weighted by molar-refractivity contribution is -0.164. The number of amides is 1. The van der Waals surface area contributed by atoms with E-state index in [4.69, 9.17) is 14.2 Å². The molecule has 31 heavy (non-hydrogen) atoms. The molecule has 1 aliphatic carbocycles. The van der Waals surface area contributed by atoms with Crippen molar-refractivity contribution in [3.8, 4) is 5.75 Å². The normalized spacial score (nSPS) is 21.2. The average Bonchev–Trinajstić information content (AvgIpc) is 3.30. The van der Waals surface area contributed by atoms with Gasteiger partial charge in [-0.15, -0.1) is 0 Å². The number of rotatable bonds is 4. The molecule has 1 amide bonds. The molecular weight excluding hydrogens is 427 g/mol. The number of aryl methyl sites for hydroxylation is 1. The van der Waals surface area contributed by atoms with E-state index in [0.29, 0.717) is 37.2 Å². The highest BCUT2D eigenvalue weighted by Gasteiger charge is 2.44. The first-order valence-corrected chi connectivity index (χ1v) is 11.4. The molecule has 2 aliphatic heterocycles. The maximum Gasteiger partial charge on any atom is 0.326 e. The summed E-state index contributed by atoms with van der Waals surface area (Å²) in [5, 5.41) is 0. The molecule has 0 aromatic heterocycles. The van der Waals surface area contributed by atoms with Crippen LogP contribution in [0.3, 0.4) is 0 Å². The Labute approximate surface area is 179 Å². The van der Waals surface area contributed by atoms with E-state index >= 15 is 4.39 Å². The van der Waals surface area contributed by atoms with Crippen LogP contribution < -0.4 is 13.8 Å². The van der Waals surface area contributed by atoms with Gasteiger partial charge >= 0.3 is 10.2 Å². The highest BCUT2D eigenvalue weighted by molar-refractivity contribution is 7.92. The largest absolute Gasteiger partial charge is 0.487 e. The van der Waals surface area contributed by atoms with E-state index in [1.165, 1.54) is 0 Å². The van der Waals surface area contributed by atoms with Gasteiger partial charge in [0.15, 0.2) is 11.6 Å². The van der Waals surface area contributed by atoms with Crippen LogP contribution in [0.5, 0.6) is 5.75 Å². The van der Waals surface area contributed by atoms with Gasteiger partial charge in [0.1, 0.15) is 24.6 Å². The number of carbonyl (C=O) groups is 1. The summed E-state index contributed by atoms with van der Waals surface area (Å²) in [5.74, 6) is -2.29. The van der Waals surface area contributed by atoms with Crippen LogP contribution in [0.4, 0.5) is 10.1 Å². The van der Waals surface area contributed by atoms with Crippen molar-refractivity contribution in [3.63, 3.8) is 0 Å². The van der Waals surface area contributed by atoms with Crippen molar-refractivity contribution in [2.24, 2.45) is 0 Å². The SMILES string of the molecule is O=C1CN(c2c(OCc3ccccc3)cc3c(c2F)CC2(CC3)OCCO2)S(=O)(=O)N1. The lowest BCUT2D eigenvalue weighted by Gasteiger charge is -2.34. The van der Waals surface area contributed by atoms with Gasteiger partial charge in [-0.3, -0.25) is 4.79 Å². The minimum atomic E-state index is -4.22. The van der Waals surface area contributed by atoms with E-state index in [0.717, 1.165) is 9.87 Å². The quantitative estimate of drug-likeness (QED) is 0.767. The number of ether oxygens (including phenoxy) is 3. The molecule has 1 spiro atoms. The Morgan fingerprint density at radius 1 is 1.19 bits per heavy atom. The van der Waals surface area contributed by atoms with E-state index in [2.05, 4.69) is 0 Å². The number of nitrogens with zero attached hydrogens (tertiary/aromatic N) is 1. The van der Waals surface area contributed by atoms with Crippen molar-refractivity contribution in [1.29, 1.82) is 0 Å². The summed E-state index contributed by atoms with van der Waals surface area (Å²) in [6.45, 7) is 0.470. The number of carbonyl (C=O) groups excluding carboxylic acids is 1. The molecule has 0 atom stereocenters. The molecule has 0 saturated carbocycles. The minimum absolute atomic E-state index is 0.0735. The van der Waals surface area contributed by atoms with Crippen molar-refractivity contribution in [3.05, 3.63) is 58.9 Å². The Balaban J connectivity index is 1.58. The molecule has 2 aromatic carbocycles. The molecule has 2 aromatic rings. The van der Waals surface area contributed by atoms with Gasteiger partial charge in [-0.05, 0) is 29.2 Å². The molecule has 2 fully saturated rings. The van der Waals surface area contributed by atoms with Gasteiger partial charge in [0, 0.05) is 12.8 Å². The van der Waals surface area contributed by atoms with Gasteiger partial charge in [0.2, 0.25) is 0 Å². The molecule has 10 heteroatoms. The molecular formula is C21H21FN2O6S. The van der Waals surface area contributed by atoms with Gasteiger partial charge in [-0.2, -0.15) is 8.42 Å². The Morgan fingerprint density at radius 2 is 1.94 bits per heavy atom. The molecule has 3 aliphatic rings. The van der Waals surface area contributed by atoms with E-state index in [9.17, 15) is 13.2 Å². The van der Waals surface area contributed by atoms with Crippen molar-refractivity contribution in [2.45, 2.75) is 31.7 Å². The predicted octanol–water partition coefficient (Wildman–Crippen LogP) is 1.82. The summed E-state index contributed by atoms with van der Waals surface area (Å²) in [6, 6.07) is 10.9. The van der Waals surface area contributed by atoms with Crippen LogP contribution in [-0.2, 0) is 43.9 Å². The zero-order valence-corrected chi connectivity index (χ0v) is 17.4. The lowest BCUT2D eigenvalue weighted by Crippen LogP contribution is -2.38. The molecule has 0 radical (unpaired) electrons. The van der Waals surface area contributed by atoms with Crippen LogP contribution in [0.2, 0.25) is 0 Å². The maximum atomic E-state index is 15.9. The number of nitrogens with one attached hydrogen (secondary N) is 1. The van der Waals surface area contributed by atoms with Crippen LogP contribution >= 0.6 is 0 Å². The summed E-state index contributed by atoms with van der Waals surface area (Å²) >= 11 is 0. The second-order valence-corrected chi connectivity index (χ2v) is 9.37. The van der Waals surface area contributed by atoms with Crippen molar-refractivity contribution in [2.75, 3.05) is 24.1 Å². The summed E-state index contributed by atoms with van der Waals surface area (Å²) in [6.07, 6.45) is 1.23. The third-order valence-corrected chi connectivity index (χ3v) is 7.12. The molecule has 0 unspecified atom stereocenters. The van der Waals surface area contributed by atoms with Crippen LogP contribution in [0, 0.1) is 5.82 Å². The number of hydrogen-bond donors (Lipinski definition) is 1. The number of benzene rings is 2. The van der Waals surface area contributed by atoms with Crippen molar-refractivity contribution >= 4 is 21.8 Å². The summed E-state index contributed by atoms with van der Waals surface area (Å²) < 4.78 is 60.8. The highest BCUT2D eigenvalue weighted by atomic mass is 32.2. The van der Waals surface area contributed by atoms with Gasteiger partial charge in [-0.1, -0.05) is 30.3 Å². The first-order valence-electron chi connectivity index (χ1n) is 9.99. The fourth-order valence-corrected chi connectivity index (χ4v) is 5.43. The average molecular weight is 448 g/mol. The monoisotopic (exact) mass is 448 g/mol. The Morgan fingerprint density at radius 3 is 2.61 bits per heavy atom. The third kappa shape index (κ3) is 3.64. The van der Waals surface area contributed by atoms with Crippen LogP contribution in [0.1, 0.15) is 23.1 Å². The standard InChI is InChI=1S/C21H21FN2O6S/c22-19-16-11-21(29-8-9-30-21)7-6-15(16)10-17(28-13-14-4-2-1-3-5-14)20(19)24-12-18(25)23-31(24,26)27/h1-5,10H,6-9,11-13H2,(H,23,25). The summed E-state index contributed by atoms with van der Waals surface area (Å²) in [4.78, 5) is 11.8. The van der Waals surface area contributed by atoms with E-state index in [1.807, 2.05) is 35.1 Å². The summed E-state index contributed by atoms with van der Waals surface area (Å²) in [7, 11) is -4.22. The van der Waals surface area contributed by atoms with Crippen LogP contribution in [-0.4, -0.2) is 39.9 Å².